The van der Waals surface area contributed by atoms with Crippen LogP contribution in [-0.4, -0.2) is 23.1 Å². The molecule has 0 saturated carbocycles. The number of hydrogen-bond donors (Lipinski definition) is 2. The number of carbonyl (C=O) groups is 1. The lowest BCUT2D eigenvalue weighted by Gasteiger charge is -2.03. The van der Waals surface area contributed by atoms with Crippen LogP contribution in [0.25, 0.3) is 21.8 Å². The van der Waals surface area contributed by atoms with Crippen molar-refractivity contribution < 1.29 is 14.6 Å². The number of rotatable bonds is 4. The number of thiazole rings is 1. The Morgan fingerprint density at radius 3 is 2.78 bits per heavy atom. The van der Waals surface area contributed by atoms with Crippen molar-refractivity contribution >= 4 is 17.2 Å². The Hall–Kier alpha value is -2.86. The molecule has 0 fully saturated rings. The van der Waals surface area contributed by atoms with Crippen LogP contribution in [0.2, 0.25) is 0 Å². The zero-order chi connectivity index (χ0) is 16.4. The van der Waals surface area contributed by atoms with Crippen LogP contribution in [0, 0.1) is 0 Å². The van der Waals surface area contributed by atoms with Gasteiger partial charge < -0.3 is 15.6 Å². The maximum absolute atomic E-state index is 11.3. The van der Waals surface area contributed by atoms with E-state index in [1.165, 1.54) is 17.4 Å². The summed E-state index contributed by atoms with van der Waals surface area (Å²) in [7, 11) is 1.62. The van der Waals surface area contributed by atoms with Gasteiger partial charge in [-0.2, -0.15) is 0 Å². The zero-order valence-corrected chi connectivity index (χ0v) is 13.1. The van der Waals surface area contributed by atoms with Crippen molar-refractivity contribution in [2.24, 2.45) is 5.73 Å². The molecule has 0 atom stereocenters. The molecule has 0 aliphatic carbocycles. The van der Waals surface area contributed by atoms with E-state index in [1.807, 2.05) is 29.6 Å². The average Bonchev–Trinajstić information content (AvgIpc) is 3.05. The smallest absolute Gasteiger partial charge is 0.252 e. The quantitative estimate of drug-likeness (QED) is 0.770. The van der Waals surface area contributed by atoms with Gasteiger partial charge in [0, 0.05) is 16.5 Å². The van der Waals surface area contributed by atoms with E-state index in [0.29, 0.717) is 0 Å². The molecule has 1 amide bonds. The van der Waals surface area contributed by atoms with Gasteiger partial charge >= 0.3 is 0 Å². The summed E-state index contributed by atoms with van der Waals surface area (Å²) >= 11 is 1.49. The zero-order valence-electron chi connectivity index (χ0n) is 12.3. The topological polar surface area (TPSA) is 85.4 Å². The molecule has 23 heavy (non-hydrogen) atoms. The molecule has 0 spiro atoms. The van der Waals surface area contributed by atoms with Crippen molar-refractivity contribution in [3.05, 3.63) is 53.4 Å². The number of benzene rings is 2. The van der Waals surface area contributed by atoms with E-state index >= 15 is 0 Å². The normalized spacial score (nSPS) is 10.5. The molecule has 0 bridgehead atoms. The summed E-state index contributed by atoms with van der Waals surface area (Å²) in [5.41, 5.74) is 7.74. The summed E-state index contributed by atoms with van der Waals surface area (Å²) < 4.78 is 5.22. The van der Waals surface area contributed by atoms with Crippen molar-refractivity contribution in [1.29, 1.82) is 0 Å². The highest BCUT2D eigenvalue weighted by atomic mass is 32.1. The van der Waals surface area contributed by atoms with E-state index in [4.69, 9.17) is 10.5 Å². The van der Waals surface area contributed by atoms with E-state index in [2.05, 4.69) is 4.98 Å². The lowest BCUT2D eigenvalue weighted by atomic mass is 10.1. The maximum atomic E-state index is 11.3. The van der Waals surface area contributed by atoms with E-state index in [-0.39, 0.29) is 11.3 Å². The molecule has 0 saturated heterocycles. The first-order valence-corrected chi connectivity index (χ1v) is 7.69. The average molecular weight is 326 g/mol. The molecule has 1 aromatic heterocycles. The number of amides is 1. The van der Waals surface area contributed by atoms with Crippen LogP contribution in [-0.2, 0) is 0 Å². The molecule has 3 N–H and O–H groups in total. The summed E-state index contributed by atoms with van der Waals surface area (Å²) in [6.45, 7) is 0. The number of phenols is 1. The maximum Gasteiger partial charge on any atom is 0.252 e. The number of aromatic nitrogens is 1. The minimum atomic E-state index is -0.674. The predicted molar refractivity (Wildman–Crippen MR) is 89.7 cm³/mol. The summed E-state index contributed by atoms with van der Waals surface area (Å²) in [5, 5.41) is 12.4. The van der Waals surface area contributed by atoms with Crippen LogP contribution < -0.4 is 10.5 Å². The first-order chi connectivity index (χ1) is 11.1. The number of primary amides is 1. The number of nitrogens with two attached hydrogens (primary N) is 1. The lowest BCUT2D eigenvalue weighted by Crippen LogP contribution is -2.11. The molecule has 3 aromatic rings. The number of ether oxygens (including phenoxy) is 1. The highest BCUT2D eigenvalue weighted by molar-refractivity contribution is 7.13. The molecule has 0 radical (unpaired) electrons. The second-order valence-corrected chi connectivity index (χ2v) is 5.72. The van der Waals surface area contributed by atoms with Crippen LogP contribution in [0.1, 0.15) is 10.4 Å². The van der Waals surface area contributed by atoms with Crippen molar-refractivity contribution in [3.8, 4) is 33.3 Å². The molecule has 1 heterocycles. The van der Waals surface area contributed by atoms with Gasteiger partial charge in [-0.25, -0.2) is 4.98 Å². The van der Waals surface area contributed by atoms with Crippen molar-refractivity contribution in [2.75, 3.05) is 7.11 Å². The van der Waals surface area contributed by atoms with E-state index < -0.39 is 5.91 Å². The van der Waals surface area contributed by atoms with Crippen molar-refractivity contribution in [1.82, 2.24) is 4.98 Å². The van der Waals surface area contributed by atoms with Gasteiger partial charge in [-0.3, -0.25) is 4.79 Å². The second-order valence-electron chi connectivity index (χ2n) is 4.87. The molecular formula is C17H14N2O3S. The van der Waals surface area contributed by atoms with Gasteiger partial charge in [-0.15, -0.1) is 11.3 Å². The van der Waals surface area contributed by atoms with Crippen molar-refractivity contribution in [3.63, 3.8) is 0 Å². The standard InChI is InChI=1S/C17H14N2O3S/c1-22-12-4-2-3-11(7-12)17-19-14(9-23-17)10-5-6-15(20)13(8-10)16(18)21/h2-9,20H,1H3,(H2,18,21). The van der Waals surface area contributed by atoms with Crippen LogP contribution >= 0.6 is 11.3 Å². The van der Waals surface area contributed by atoms with Gasteiger partial charge in [0.2, 0.25) is 0 Å². The molecule has 6 heteroatoms. The van der Waals surface area contributed by atoms with Crippen LogP contribution in [0.4, 0.5) is 0 Å². The third-order valence-corrected chi connectivity index (χ3v) is 4.27. The summed E-state index contributed by atoms with van der Waals surface area (Å²) in [6, 6.07) is 12.3. The van der Waals surface area contributed by atoms with E-state index in [9.17, 15) is 9.90 Å². The minimum absolute atomic E-state index is 0.0819. The monoisotopic (exact) mass is 326 g/mol. The van der Waals surface area contributed by atoms with Crippen LogP contribution in [0.3, 0.4) is 0 Å². The van der Waals surface area contributed by atoms with Gasteiger partial charge in [0.15, 0.2) is 0 Å². The minimum Gasteiger partial charge on any atom is -0.507 e. The number of methoxy groups -OCH3 is 1. The largest absolute Gasteiger partial charge is 0.507 e. The van der Waals surface area contributed by atoms with Gasteiger partial charge in [0.1, 0.15) is 16.5 Å². The molecule has 3 rings (SSSR count). The van der Waals surface area contributed by atoms with Gasteiger partial charge in [0.05, 0.1) is 18.4 Å². The molecule has 0 unspecified atom stereocenters. The first-order valence-electron chi connectivity index (χ1n) is 6.81. The fourth-order valence-electron chi connectivity index (χ4n) is 2.19. The highest BCUT2D eigenvalue weighted by Crippen LogP contribution is 2.32. The van der Waals surface area contributed by atoms with Gasteiger partial charge in [0.25, 0.3) is 5.91 Å². The van der Waals surface area contributed by atoms with E-state index in [1.54, 1.807) is 19.2 Å². The summed E-state index contributed by atoms with van der Waals surface area (Å²) in [6.07, 6.45) is 0. The molecule has 116 valence electrons. The fourth-order valence-corrected chi connectivity index (χ4v) is 3.01. The molecule has 0 aliphatic rings. The van der Waals surface area contributed by atoms with Gasteiger partial charge in [-0.05, 0) is 30.3 Å². The number of carbonyl (C=O) groups excluding carboxylic acids is 1. The number of nitrogens with zero attached hydrogens (tertiary/aromatic N) is 1. The summed E-state index contributed by atoms with van der Waals surface area (Å²) in [5.74, 6) is -0.0444. The van der Waals surface area contributed by atoms with Crippen LogP contribution in [0.15, 0.2) is 47.8 Å². The third-order valence-electron chi connectivity index (χ3n) is 3.38. The van der Waals surface area contributed by atoms with Gasteiger partial charge in [-0.1, -0.05) is 12.1 Å². The Morgan fingerprint density at radius 2 is 2.04 bits per heavy atom. The lowest BCUT2D eigenvalue weighted by molar-refractivity contribution is 0.0998. The molecule has 0 aliphatic heterocycles. The molecular weight excluding hydrogens is 312 g/mol. The molecule has 5 nitrogen and oxygen atoms in total. The van der Waals surface area contributed by atoms with E-state index in [0.717, 1.165) is 27.6 Å². The first kappa shape index (κ1) is 15.1. The fraction of sp³-hybridized carbons (Fsp3) is 0.0588. The number of hydrogen-bond acceptors (Lipinski definition) is 5. The number of aromatic hydroxyl groups is 1. The Kier molecular flexibility index (Phi) is 3.99. The van der Waals surface area contributed by atoms with Crippen LogP contribution in [0.5, 0.6) is 11.5 Å². The molecule has 2 aromatic carbocycles. The third kappa shape index (κ3) is 3.02. The highest BCUT2D eigenvalue weighted by Gasteiger charge is 2.12. The Labute approximate surface area is 137 Å². The second kappa shape index (κ2) is 6.10. The van der Waals surface area contributed by atoms with Crippen molar-refractivity contribution in [2.45, 2.75) is 0 Å². The predicted octanol–water partition coefficient (Wildman–Crippen LogP) is 3.29. The Morgan fingerprint density at radius 1 is 1.22 bits per heavy atom. The summed E-state index contributed by atoms with van der Waals surface area (Å²) in [4.78, 5) is 15.9. The Balaban J connectivity index is 1.99. The SMILES string of the molecule is COc1cccc(-c2nc(-c3ccc(O)c(C(N)=O)c3)cs2)c1. The Bertz CT molecular complexity index is 874.